The molecular formula is C21H24BrClN2O5. The Bertz CT molecular complexity index is 944. The standard InChI is InChI=1S/C21H24BrClN2O5/c1-21(2,3)25-18(26)11-30-19-14(15(22)7-8-17(19)29-4)10-24-12-5-6-13(20(27)28)16(23)9-12/h5-9,24H,10-11H2,1-4H3,(H,25,26)(H,27,28). The van der Waals surface area contributed by atoms with Crippen LogP contribution in [0, 0.1) is 0 Å². The summed E-state index contributed by atoms with van der Waals surface area (Å²) in [4.78, 5) is 23.3. The molecule has 30 heavy (non-hydrogen) atoms. The second kappa shape index (κ2) is 10.0. The summed E-state index contributed by atoms with van der Waals surface area (Å²) in [7, 11) is 1.52. The van der Waals surface area contributed by atoms with E-state index in [0.29, 0.717) is 23.7 Å². The third kappa shape index (κ3) is 6.53. The number of carboxylic acids is 1. The van der Waals surface area contributed by atoms with Crippen molar-refractivity contribution in [3.05, 3.63) is 51.0 Å². The fourth-order valence-corrected chi connectivity index (χ4v) is 3.36. The summed E-state index contributed by atoms with van der Waals surface area (Å²) in [5.74, 6) is -0.430. The summed E-state index contributed by atoms with van der Waals surface area (Å²) in [6, 6.07) is 8.15. The quantitative estimate of drug-likeness (QED) is 0.486. The monoisotopic (exact) mass is 498 g/mol. The van der Waals surface area contributed by atoms with Gasteiger partial charge in [-0.15, -0.1) is 0 Å². The Morgan fingerprint density at radius 1 is 1.20 bits per heavy atom. The number of halogens is 2. The predicted octanol–water partition coefficient (Wildman–Crippen LogP) is 4.71. The Morgan fingerprint density at radius 3 is 2.47 bits per heavy atom. The van der Waals surface area contributed by atoms with Gasteiger partial charge in [-0.05, 0) is 51.1 Å². The molecule has 0 aliphatic rings. The number of hydrogen-bond acceptors (Lipinski definition) is 5. The Labute approximate surface area is 188 Å². The van der Waals surface area contributed by atoms with Crippen LogP contribution >= 0.6 is 27.5 Å². The van der Waals surface area contributed by atoms with Crippen LogP contribution in [-0.4, -0.2) is 36.2 Å². The van der Waals surface area contributed by atoms with Crippen molar-refractivity contribution < 1.29 is 24.2 Å². The van der Waals surface area contributed by atoms with Gasteiger partial charge in [0.05, 0.1) is 17.7 Å². The van der Waals surface area contributed by atoms with E-state index in [1.165, 1.54) is 19.2 Å². The summed E-state index contributed by atoms with van der Waals surface area (Å²) in [6.07, 6.45) is 0. The van der Waals surface area contributed by atoms with Gasteiger partial charge in [0.1, 0.15) is 0 Å². The number of carboxylic acid groups (broad SMARTS) is 1. The SMILES string of the molecule is COc1ccc(Br)c(CNc2ccc(C(=O)O)c(Cl)c2)c1OCC(=O)NC(C)(C)C. The van der Waals surface area contributed by atoms with Crippen LogP contribution in [0.5, 0.6) is 11.5 Å². The number of carbonyl (C=O) groups is 2. The van der Waals surface area contributed by atoms with Crippen LogP contribution in [0.15, 0.2) is 34.8 Å². The molecule has 0 aliphatic heterocycles. The molecule has 9 heteroatoms. The number of carbonyl (C=O) groups excluding carboxylic acids is 1. The maximum atomic E-state index is 12.2. The lowest BCUT2D eigenvalue weighted by atomic mass is 10.1. The molecule has 7 nitrogen and oxygen atoms in total. The normalized spacial score (nSPS) is 11.0. The van der Waals surface area contributed by atoms with E-state index in [1.54, 1.807) is 12.1 Å². The number of anilines is 1. The molecule has 0 atom stereocenters. The van der Waals surface area contributed by atoms with Crippen LogP contribution < -0.4 is 20.1 Å². The van der Waals surface area contributed by atoms with Crippen molar-refractivity contribution in [3.8, 4) is 11.5 Å². The van der Waals surface area contributed by atoms with E-state index < -0.39 is 5.97 Å². The summed E-state index contributed by atoms with van der Waals surface area (Å²) in [5.41, 5.74) is 1.03. The smallest absolute Gasteiger partial charge is 0.337 e. The molecule has 0 saturated heterocycles. The van der Waals surface area contributed by atoms with Crippen molar-refractivity contribution in [3.63, 3.8) is 0 Å². The van der Waals surface area contributed by atoms with Gasteiger partial charge in [-0.2, -0.15) is 0 Å². The zero-order chi connectivity index (χ0) is 22.5. The second-order valence-electron chi connectivity index (χ2n) is 7.50. The highest BCUT2D eigenvalue weighted by atomic mass is 79.9. The lowest BCUT2D eigenvalue weighted by molar-refractivity contribution is -0.124. The number of nitrogens with one attached hydrogen (secondary N) is 2. The summed E-state index contributed by atoms with van der Waals surface area (Å²) >= 11 is 9.54. The second-order valence-corrected chi connectivity index (χ2v) is 8.76. The van der Waals surface area contributed by atoms with Crippen molar-refractivity contribution in [1.29, 1.82) is 0 Å². The lowest BCUT2D eigenvalue weighted by Crippen LogP contribution is -2.43. The third-order valence-electron chi connectivity index (χ3n) is 3.92. The first-order valence-corrected chi connectivity index (χ1v) is 10.2. The molecule has 2 aromatic carbocycles. The van der Waals surface area contributed by atoms with Gasteiger partial charge in [-0.3, -0.25) is 4.79 Å². The molecule has 0 fully saturated rings. The maximum Gasteiger partial charge on any atom is 0.337 e. The summed E-state index contributed by atoms with van der Waals surface area (Å²) < 4.78 is 12.0. The Morgan fingerprint density at radius 2 is 1.90 bits per heavy atom. The molecule has 0 heterocycles. The molecule has 3 N–H and O–H groups in total. The molecular weight excluding hydrogens is 476 g/mol. The average Bonchev–Trinajstić information content (AvgIpc) is 2.64. The van der Waals surface area contributed by atoms with Gasteiger partial charge in [0.25, 0.3) is 5.91 Å². The average molecular weight is 500 g/mol. The lowest BCUT2D eigenvalue weighted by Gasteiger charge is -2.22. The fraction of sp³-hybridized carbons (Fsp3) is 0.333. The number of hydrogen-bond donors (Lipinski definition) is 3. The molecule has 1 amide bonds. The molecule has 0 radical (unpaired) electrons. The highest BCUT2D eigenvalue weighted by Gasteiger charge is 2.19. The van der Waals surface area contributed by atoms with Crippen molar-refractivity contribution in [2.24, 2.45) is 0 Å². The van der Waals surface area contributed by atoms with E-state index in [-0.39, 0.29) is 28.6 Å². The molecule has 0 spiro atoms. The third-order valence-corrected chi connectivity index (χ3v) is 4.97. The van der Waals surface area contributed by atoms with Gasteiger partial charge in [0.2, 0.25) is 0 Å². The zero-order valence-corrected chi connectivity index (χ0v) is 19.5. The first-order chi connectivity index (χ1) is 14.0. The van der Waals surface area contributed by atoms with E-state index in [4.69, 9.17) is 26.2 Å². The van der Waals surface area contributed by atoms with Gasteiger partial charge in [0.15, 0.2) is 18.1 Å². The number of rotatable bonds is 8. The number of benzene rings is 2. The summed E-state index contributed by atoms with van der Waals surface area (Å²) in [6.45, 7) is 5.81. The Hall–Kier alpha value is -2.45. The highest BCUT2D eigenvalue weighted by Crippen LogP contribution is 2.37. The van der Waals surface area contributed by atoms with Crippen molar-refractivity contribution in [2.75, 3.05) is 19.0 Å². The number of methoxy groups -OCH3 is 1. The number of aromatic carboxylic acids is 1. The van der Waals surface area contributed by atoms with Crippen molar-refractivity contribution in [2.45, 2.75) is 32.9 Å². The number of amides is 1. The van der Waals surface area contributed by atoms with Crippen LogP contribution in [-0.2, 0) is 11.3 Å². The van der Waals surface area contributed by atoms with Crippen molar-refractivity contribution in [1.82, 2.24) is 5.32 Å². The van der Waals surface area contributed by atoms with Gasteiger partial charge in [0, 0.05) is 27.8 Å². The van der Waals surface area contributed by atoms with Crippen LogP contribution in [0.2, 0.25) is 5.02 Å². The number of ether oxygens (including phenoxy) is 2. The fourth-order valence-electron chi connectivity index (χ4n) is 2.65. The topological polar surface area (TPSA) is 96.9 Å². The molecule has 0 aliphatic carbocycles. The molecule has 2 aromatic rings. The van der Waals surface area contributed by atoms with E-state index in [0.717, 1.165) is 10.0 Å². The first kappa shape index (κ1) is 23.8. The molecule has 162 valence electrons. The van der Waals surface area contributed by atoms with Crippen LogP contribution in [0.1, 0.15) is 36.7 Å². The van der Waals surface area contributed by atoms with Gasteiger partial charge in [-0.25, -0.2) is 4.79 Å². The minimum Gasteiger partial charge on any atom is -0.493 e. The van der Waals surface area contributed by atoms with Crippen LogP contribution in [0.25, 0.3) is 0 Å². The largest absolute Gasteiger partial charge is 0.493 e. The van der Waals surface area contributed by atoms with Gasteiger partial charge < -0.3 is 25.2 Å². The maximum absolute atomic E-state index is 12.2. The van der Waals surface area contributed by atoms with Crippen molar-refractivity contribution >= 4 is 45.1 Å². The van der Waals surface area contributed by atoms with Crippen LogP contribution in [0.4, 0.5) is 5.69 Å². The highest BCUT2D eigenvalue weighted by molar-refractivity contribution is 9.10. The van der Waals surface area contributed by atoms with E-state index >= 15 is 0 Å². The van der Waals surface area contributed by atoms with Gasteiger partial charge in [-0.1, -0.05) is 27.5 Å². The predicted molar refractivity (Wildman–Crippen MR) is 120 cm³/mol. The van der Waals surface area contributed by atoms with Crippen LogP contribution in [0.3, 0.4) is 0 Å². The minimum atomic E-state index is -1.09. The summed E-state index contributed by atoms with van der Waals surface area (Å²) in [5, 5.41) is 15.3. The minimum absolute atomic E-state index is 0.0265. The molecule has 0 saturated carbocycles. The Balaban J connectivity index is 2.21. The molecule has 0 bridgehead atoms. The molecule has 2 rings (SSSR count). The van der Waals surface area contributed by atoms with E-state index in [2.05, 4.69) is 26.6 Å². The molecule has 0 aromatic heterocycles. The first-order valence-electron chi connectivity index (χ1n) is 9.07. The van der Waals surface area contributed by atoms with Gasteiger partial charge >= 0.3 is 5.97 Å². The van der Waals surface area contributed by atoms with E-state index in [1.807, 2.05) is 26.8 Å². The zero-order valence-electron chi connectivity index (χ0n) is 17.1. The molecule has 0 unspecified atom stereocenters. The Kier molecular flexibility index (Phi) is 7.97. The van der Waals surface area contributed by atoms with E-state index in [9.17, 15) is 9.59 Å².